The van der Waals surface area contributed by atoms with Crippen molar-refractivity contribution in [3.8, 4) is 5.75 Å². The Kier molecular flexibility index (Phi) is 4.26. The van der Waals surface area contributed by atoms with E-state index in [0.29, 0.717) is 4.99 Å². The van der Waals surface area contributed by atoms with Crippen LogP contribution in [-0.2, 0) is 0 Å². The van der Waals surface area contributed by atoms with Crippen LogP contribution in [0.2, 0.25) is 0 Å². The lowest BCUT2D eigenvalue weighted by atomic mass is 10.2. The molecule has 2 heterocycles. The second kappa shape index (κ2) is 6.32. The van der Waals surface area contributed by atoms with Gasteiger partial charge in [-0.3, -0.25) is 9.89 Å². The van der Waals surface area contributed by atoms with Crippen molar-refractivity contribution < 1.29 is 4.74 Å². The minimum atomic E-state index is -0.0667. The van der Waals surface area contributed by atoms with Gasteiger partial charge in [-0.2, -0.15) is 0 Å². The molecular formula is C15H18N4OS. The maximum atomic E-state index is 5.28. The molecule has 0 aromatic heterocycles. The zero-order chi connectivity index (χ0) is 14.7. The molecular weight excluding hydrogens is 284 g/mol. The number of thiocarbonyl (C=S) groups is 1. The Morgan fingerprint density at radius 3 is 2.43 bits per heavy atom. The normalized spacial score (nSPS) is 22.6. The topological polar surface area (TPSA) is 40.4 Å². The Hall–Kier alpha value is -1.79. The summed E-state index contributed by atoms with van der Waals surface area (Å²) >= 11 is 5.28. The van der Waals surface area contributed by atoms with Crippen LogP contribution in [0.5, 0.6) is 5.75 Å². The van der Waals surface area contributed by atoms with Crippen LogP contribution in [0.3, 0.4) is 0 Å². The highest BCUT2D eigenvalue weighted by atomic mass is 32.1. The quantitative estimate of drug-likeness (QED) is 0.796. The standard InChI is InChI=1S/C15H18N4OS/c1-20-13-4-2-12(3-5-13)18-8-10-19(11-9-18)14-15(21)17-7-6-16-14/h2-7,14H,8-11H2,1H3. The molecule has 1 fully saturated rings. The van der Waals surface area contributed by atoms with Crippen molar-refractivity contribution in [2.45, 2.75) is 6.17 Å². The molecule has 0 N–H and O–H groups in total. The van der Waals surface area contributed by atoms with Crippen LogP contribution >= 0.6 is 12.2 Å². The first-order valence-electron chi connectivity index (χ1n) is 7.00. The lowest BCUT2D eigenvalue weighted by Gasteiger charge is -2.38. The number of methoxy groups -OCH3 is 1. The molecule has 1 aromatic carbocycles. The van der Waals surface area contributed by atoms with Crippen molar-refractivity contribution in [2.75, 3.05) is 38.2 Å². The van der Waals surface area contributed by atoms with Crippen LogP contribution in [0.1, 0.15) is 0 Å². The van der Waals surface area contributed by atoms with Gasteiger partial charge in [-0.1, -0.05) is 12.2 Å². The van der Waals surface area contributed by atoms with E-state index in [1.807, 2.05) is 12.1 Å². The highest BCUT2D eigenvalue weighted by Crippen LogP contribution is 2.21. The molecule has 0 bridgehead atoms. The van der Waals surface area contributed by atoms with Gasteiger partial charge in [-0.15, -0.1) is 0 Å². The molecule has 1 atom stereocenters. The maximum absolute atomic E-state index is 5.28. The Bertz CT molecular complexity index is 562. The Balaban J connectivity index is 1.60. The van der Waals surface area contributed by atoms with Gasteiger partial charge in [0.25, 0.3) is 0 Å². The largest absolute Gasteiger partial charge is 0.497 e. The summed E-state index contributed by atoms with van der Waals surface area (Å²) in [6.07, 6.45) is 3.32. The van der Waals surface area contributed by atoms with E-state index in [9.17, 15) is 0 Å². The molecule has 6 heteroatoms. The third-order valence-electron chi connectivity index (χ3n) is 3.81. The van der Waals surface area contributed by atoms with Gasteiger partial charge in [-0.25, -0.2) is 4.99 Å². The van der Waals surface area contributed by atoms with Crippen LogP contribution < -0.4 is 9.64 Å². The first kappa shape index (κ1) is 14.2. The van der Waals surface area contributed by atoms with Gasteiger partial charge in [-0.05, 0) is 24.3 Å². The Morgan fingerprint density at radius 1 is 1.10 bits per heavy atom. The molecule has 5 nitrogen and oxygen atoms in total. The van der Waals surface area contributed by atoms with Gasteiger partial charge in [0.05, 0.1) is 7.11 Å². The molecule has 1 saturated heterocycles. The highest BCUT2D eigenvalue weighted by Gasteiger charge is 2.26. The van der Waals surface area contributed by atoms with E-state index in [0.717, 1.165) is 31.9 Å². The zero-order valence-electron chi connectivity index (χ0n) is 12.0. The SMILES string of the molecule is COc1ccc(N2CCN(C3N=CC=NC3=S)CC2)cc1. The van der Waals surface area contributed by atoms with Crippen LogP contribution in [0.4, 0.5) is 5.69 Å². The van der Waals surface area contributed by atoms with Crippen molar-refractivity contribution in [1.82, 2.24) is 4.90 Å². The van der Waals surface area contributed by atoms with Gasteiger partial charge < -0.3 is 9.64 Å². The van der Waals surface area contributed by atoms with Crippen molar-refractivity contribution in [3.05, 3.63) is 24.3 Å². The molecule has 0 aliphatic carbocycles. The summed E-state index contributed by atoms with van der Waals surface area (Å²) in [5.74, 6) is 0.886. The van der Waals surface area contributed by atoms with Gasteiger partial charge in [0.2, 0.25) is 0 Å². The van der Waals surface area contributed by atoms with Gasteiger partial charge in [0, 0.05) is 44.3 Å². The minimum Gasteiger partial charge on any atom is -0.497 e. The second-order valence-corrected chi connectivity index (χ2v) is 5.43. The molecule has 0 saturated carbocycles. The fourth-order valence-electron chi connectivity index (χ4n) is 2.63. The average molecular weight is 302 g/mol. The summed E-state index contributed by atoms with van der Waals surface area (Å²) in [6.45, 7) is 3.79. The second-order valence-electron chi connectivity index (χ2n) is 5.01. The molecule has 3 rings (SSSR count). The third kappa shape index (κ3) is 3.11. The molecule has 2 aliphatic heterocycles. The molecule has 0 amide bonds. The predicted octanol–water partition coefficient (Wildman–Crippen LogP) is 1.63. The predicted molar refractivity (Wildman–Crippen MR) is 90.2 cm³/mol. The number of ether oxygens (including phenoxy) is 1. The van der Waals surface area contributed by atoms with Crippen molar-refractivity contribution >= 4 is 35.3 Å². The lowest BCUT2D eigenvalue weighted by Crippen LogP contribution is -2.52. The van der Waals surface area contributed by atoms with E-state index in [1.165, 1.54) is 5.69 Å². The molecule has 1 unspecified atom stereocenters. The third-order valence-corrected chi connectivity index (χ3v) is 4.13. The summed E-state index contributed by atoms with van der Waals surface area (Å²) in [5, 5.41) is 0. The first-order valence-corrected chi connectivity index (χ1v) is 7.41. The summed E-state index contributed by atoms with van der Waals surface area (Å²) in [5.41, 5.74) is 1.23. The fourth-order valence-corrected chi connectivity index (χ4v) is 2.90. The highest BCUT2D eigenvalue weighted by molar-refractivity contribution is 7.80. The summed E-state index contributed by atoms with van der Waals surface area (Å²) in [7, 11) is 1.68. The molecule has 0 spiro atoms. The Labute approximate surface area is 129 Å². The maximum Gasteiger partial charge on any atom is 0.155 e. The number of hydrogen-bond donors (Lipinski definition) is 0. The number of aliphatic imine (C=N–C) groups is 2. The summed E-state index contributed by atoms with van der Waals surface area (Å²) < 4.78 is 5.19. The van der Waals surface area contributed by atoms with Crippen molar-refractivity contribution in [3.63, 3.8) is 0 Å². The van der Waals surface area contributed by atoms with E-state index in [-0.39, 0.29) is 6.17 Å². The number of nitrogens with zero attached hydrogens (tertiary/aromatic N) is 4. The van der Waals surface area contributed by atoms with Crippen LogP contribution in [-0.4, -0.2) is 61.8 Å². The summed E-state index contributed by atoms with van der Waals surface area (Å²) in [4.78, 5) is 13.9. The number of piperazine rings is 1. The van der Waals surface area contributed by atoms with Gasteiger partial charge >= 0.3 is 0 Å². The van der Waals surface area contributed by atoms with Gasteiger partial charge in [0.1, 0.15) is 10.7 Å². The lowest BCUT2D eigenvalue weighted by molar-refractivity contribution is 0.233. The van der Waals surface area contributed by atoms with E-state index in [1.54, 1.807) is 19.5 Å². The molecule has 110 valence electrons. The van der Waals surface area contributed by atoms with Crippen molar-refractivity contribution in [2.24, 2.45) is 9.98 Å². The number of benzene rings is 1. The molecule has 0 radical (unpaired) electrons. The molecule has 21 heavy (non-hydrogen) atoms. The Morgan fingerprint density at radius 2 is 1.81 bits per heavy atom. The number of rotatable bonds is 3. The smallest absolute Gasteiger partial charge is 0.155 e. The monoisotopic (exact) mass is 302 g/mol. The van der Waals surface area contributed by atoms with E-state index >= 15 is 0 Å². The van der Waals surface area contributed by atoms with Crippen molar-refractivity contribution in [1.29, 1.82) is 0 Å². The number of hydrogen-bond acceptors (Lipinski definition) is 5. The minimum absolute atomic E-state index is 0.0667. The van der Waals surface area contributed by atoms with E-state index < -0.39 is 0 Å². The fraction of sp³-hybridized carbons (Fsp3) is 0.400. The van der Waals surface area contributed by atoms with E-state index in [2.05, 4.69) is 31.9 Å². The zero-order valence-corrected chi connectivity index (χ0v) is 12.8. The van der Waals surface area contributed by atoms with Gasteiger partial charge in [0.15, 0.2) is 6.17 Å². The molecule has 2 aliphatic rings. The summed E-state index contributed by atoms with van der Waals surface area (Å²) in [6, 6.07) is 8.19. The average Bonchev–Trinajstić information content (AvgIpc) is 2.56. The van der Waals surface area contributed by atoms with E-state index in [4.69, 9.17) is 17.0 Å². The van der Waals surface area contributed by atoms with Crippen LogP contribution in [0.25, 0.3) is 0 Å². The molecule has 1 aromatic rings. The van der Waals surface area contributed by atoms with Crippen LogP contribution in [0, 0.1) is 0 Å². The first-order chi connectivity index (χ1) is 10.3. The number of anilines is 1. The van der Waals surface area contributed by atoms with Crippen LogP contribution in [0.15, 0.2) is 34.3 Å².